The molecular weight excluding hydrogens is 338 g/mol. The first-order valence-corrected chi connectivity index (χ1v) is 9.60. The first-order chi connectivity index (χ1) is 13.2. The fraction of sp³-hybridized carbons (Fsp3) is 0.364. The summed E-state index contributed by atoms with van der Waals surface area (Å²) in [6, 6.07) is 13.8. The largest absolute Gasteiger partial charge is 0.382 e. The van der Waals surface area contributed by atoms with E-state index in [0.29, 0.717) is 12.5 Å². The Morgan fingerprint density at radius 2 is 2.15 bits per heavy atom. The molecule has 0 aliphatic carbocycles. The minimum atomic E-state index is 0.0804. The van der Waals surface area contributed by atoms with Gasteiger partial charge in [-0.15, -0.1) is 0 Å². The van der Waals surface area contributed by atoms with Gasteiger partial charge in [-0.2, -0.15) is 0 Å². The zero-order valence-corrected chi connectivity index (χ0v) is 15.7. The molecule has 1 aliphatic heterocycles. The molecule has 1 atom stereocenters. The van der Waals surface area contributed by atoms with Crippen LogP contribution in [0.4, 0.5) is 0 Å². The Morgan fingerprint density at radius 1 is 1.22 bits per heavy atom. The van der Waals surface area contributed by atoms with Crippen molar-refractivity contribution in [2.45, 2.75) is 26.4 Å². The van der Waals surface area contributed by atoms with Crippen molar-refractivity contribution in [2.75, 3.05) is 19.8 Å². The standard InChI is InChI=1S/C22H25N3O2/c1-2-27-12-9-17-14-24-11-4-6-20(24)16-25(15-17)22(26)19-7-8-21-18(13-19)5-3-10-23-21/h3-8,10-11,13,17H,2,9,12,14-16H2,1H3. The van der Waals surface area contributed by atoms with Crippen LogP contribution >= 0.6 is 0 Å². The van der Waals surface area contributed by atoms with Crippen molar-refractivity contribution >= 4 is 16.8 Å². The zero-order chi connectivity index (χ0) is 18.6. The molecule has 0 fully saturated rings. The normalized spacial score (nSPS) is 16.9. The Hall–Kier alpha value is -2.66. The van der Waals surface area contributed by atoms with Crippen molar-refractivity contribution in [2.24, 2.45) is 5.92 Å². The van der Waals surface area contributed by atoms with Crippen LogP contribution in [0.15, 0.2) is 54.9 Å². The van der Waals surface area contributed by atoms with E-state index in [1.54, 1.807) is 6.20 Å². The summed E-state index contributed by atoms with van der Waals surface area (Å²) >= 11 is 0. The molecule has 0 bridgehead atoms. The highest BCUT2D eigenvalue weighted by Gasteiger charge is 2.25. The van der Waals surface area contributed by atoms with Crippen LogP contribution in [-0.2, 0) is 17.8 Å². The molecule has 5 nitrogen and oxygen atoms in total. The number of hydrogen-bond acceptors (Lipinski definition) is 3. The Bertz CT molecular complexity index is 934. The van der Waals surface area contributed by atoms with Crippen LogP contribution in [0.3, 0.4) is 0 Å². The first kappa shape index (κ1) is 17.7. The third-order valence-electron chi connectivity index (χ3n) is 5.22. The lowest BCUT2D eigenvalue weighted by Gasteiger charge is -2.24. The first-order valence-electron chi connectivity index (χ1n) is 9.60. The molecule has 5 heteroatoms. The van der Waals surface area contributed by atoms with Crippen LogP contribution in [-0.4, -0.2) is 40.1 Å². The summed E-state index contributed by atoms with van der Waals surface area (Å²) in [6.07, 6.45) is 4.84. The fourth-order valence-electron chi connectivity index (χ4n) is 3.80. The molecule has 1 aromatic carbocycles. The van der Waals surface area contributed by atoms with Crippen LogP contribution in [0.5, 0.6) is 0 Å². The van der Waals surface area contributed by atoms with E-state index in [-0.39, 0.29) is 5.91 Å². The minimum Gasteiger partial charge on any atom is -0.382 e. The molecule has 3 heterocycles. The lowest BCUT2D eigenvalue weighted by molar-refractivity contribution is 0.0695. The van der Waals surface area contributed by atoms with E-state index in [1.807, 2.05) is 42.2 Å². The SMILES string of the molecule is CCOCCC1CN(C(=O)c2ccc3ncccc3c2)Cc2cccn2C1. The summed E-state index contributed by atoms with van der Waals surface area (Å²) in [5.74, 6) is 0.466. The van der Waals surface area contributed by atoms with Gasteiger partial charge in [0.2, 0.25) is 0 Å². The lowest BCUT2D eigenvalue weighted by Crippen LogP contribution is -2.34. The average Bonchev–Trinajstić information content (AvgIpc) is 3.05. The van der Waals surface area contributed by atoms with Gasteiger partial charge in [-0.25, -0.2) is 0 Å². The van der Waals surface area contributed by atoms with Gasteiger partial charge in [0.1, 0.15) is 0 Å². The van der Waals surface area contributed by atoms with Gasteiger partial charge in [-0.3, -0.25) is 9.78 Å². The van der Waals surface area contributed by atoms with Crippen molar-refractivity contribution in [1.29, 1.82) is 0 Å². The van der Waals surface area contributed by atoms with E-state index in [4.69, 9.17) is 4.74 Å². The van der Waals surface area contributed by atoms with Gasteiger partial charge in [0.15, 0.2) is 0 Å². The minimum absolute atomic E-state index is 0.0804. The van der Waals surface area contributed by atoms with Gasteiger partial charge in [0.05, 0.1) is 12.1 Å². The van der Waals surface area contributed by atoms with Crippen molar-refractivity contribution in [3.63, 3.8) is 0 Å². The number of benzene rings is 1. The van der Waals surface area contributed by atoms with Crippen molar-refractivity contribution in [3.05, 3.63) is 66.1 Å². The number of fused-ring (bicyclic) bond motifs is 2. The third-order valence-corrected chi connectivity index (χ3v) is 5.22. The number of nitrogens with zero attached hydrogens (tertiary/aromatic N) is 3. The lowest BCUT2D eigenvalue weighted by atomic mass is 10.0. The number of amides is 1. The Morgan fingerprint density at radius 3 is 3.04 bits per heavy atom. The third kappa shape index (κ3) is 3.88. The molecule has 4 rings (SSSR count). The predicted octanol–water partition coefficient (Wildman–Crippen LogP) is 3.74. The van der Waals surface area contributed by atoms with E-state index in [1.165, 1.54) is 5.69 Å². The van der Waals surface area contributed by atoms with E-state index in [2.05, 4.69) is 27.9 Å². The summed E-state index contributed by atoms with van der Waals surface area (Å²) in [5, 5.41) is 0.995. The molecule has 0 saturated carbocycles. The van der Waals surface area contributed by atoms with Crippen molar-refractivity contribution in [1.82, 2.24) is 14.5 Å². The molecule has 3 aromatic rings. The van der Waals surface area contributed by atoms with Crippen LogP contribution in [0, 0.1) is 5.92 Å². The number of ether oxygens (including phenoxy) is 1. The average molecular weight is 363 g/mol. The van der Waals surface area contributed by atoms with Gasteiger partial charge in [-0.1, -0.05) is 6.07 Å². The molecule has 0 radical (unpaired) electrons. The van der Waals surface area contributed by atoms with Gasteiger partial charge in [-0.05, 0) is 55.7 Å². The second kappa shape index (κ2) is 7.92. The van der Waals surface area contributed by atoms with E-state index in [0.717, 1.165) is 49.2 Å². The molecule has 1 amide bonds. The maximum atomic E-state index is 13.3. The maximum Gasteiger partial charge on any atom is 0.254 e. The smallest absolute Gasteiger partial charge is 0.254 e. The Labute approximate surface area is 159 Å². The molecule has 0 N–H and O–H groups in total. The molecule has 1 unspecified atom stereocenters. The molecule has 27 heavy (non-hydrogen) atoms. The number of pyridine rings is 1. The Kier molecular flexibility index (Phi) is 5.21. The van der Waals surface area contributed by atoms with Gasteiger partial charge in [0, 0.05) is 55.3 Å². The maximum absolute atomic E-state index is 13.3. The number of rotatable bonds is 5. The predicted molar refractivity (Wildman–Crippen MR) is 106 cm³/mol. The summed E-state index contributed by atoms with van der Waals surface area (Å²) < 4.78 is 7.83. The highest BCUT2D eigenvalue weighted by Crippen LogP contribution is 2.22. The second-order valence-electron chi connectivity index (χ2n) is 7.10. The van der Waals surface area contributed by atoms with Gasteiger partial charge in [0.25, 0.3) is 5.91 Å². The van der Waals surface area contributed by atoms with E-state index < -0.39 is 0 Å². The molecule has 2 aromatic heterocycles. The summed E-state index contributed by atoms with van der Waals surface area (Å²) in [4.78, 5) is 19.6. The molecule has 0 saturated heterocycles. The summed E-state index contributed by atoms with van der Waals surface area (Å²) in [5.41, 5.74) is 2.82. The number of carbonyl (C=O) groups excluding carboxylic acids is 1. The molecule has 0 spiro atoms. The van der Waals surface area contributed by atoms with Crippen LogP contribution in [0.1, 0.15) is 29.4 Å². The van der Waals surface area contributed by atoms with E-state index >= 15 is 0 Å². The monoisotopic (exact) mass is 363 g/mol. The van der Waals surface area contributed by atoms with Crippen molar-refractivity contribution < 1.29 is 9.53 Å². The summed E-state index contributed by atoms with van der Waals surface area (Å²) in [6.45, 7) is 5.81. The van der Waals surface area contributed by atoms with Crippen LogP contribution in [0.25, 0.3) is 10.9 Å². The van der Waals surface area contributed by atoms with Crippen molar-refractivity contribution in [3.8, 4) is 0 Å². The van der Waals surface area contributed by atoms with Crippen LogP contribution < -0.4 is 0 Å². The number of hydrogen-bond donors (Lipinski definition) is 0. The molecule has 1 aliphatic rings. The highest BCUT2D eigenvalue weighted by atomic mass is 16.5. The summed E-state index contributed by atoms with van der Waals surface area (Å²) in [7, 11) is 0. The van der Waals surface area contributed by atoms with E-state index in [9.17, 15) is 4.79 Å². The number of aromatic nitrogens is 2. The molecule has 140 valence electrons. The van der Waals surface area contributed by atoms with Gasteiger partial charge >= 0.3 is 0 Å². The zero-order valence-electron chi connectivity index (χ0n) is 15.7. The molecular formula is C22H25N3O2. The Balaban J connectivity index is 1.58. The quantitative estimate of drug-likeness (QED) is 0.649. The van der Waals surface area contributed by atoms with Crippen LogP contribution in [0.2, 0.25) is 0 Å². The van der Waals surface area contributed by atoms with Gasteiger partial charge < -0.3 is 14.2 Å². The number of carbonyl (C=O) groups is 1. The highest BCUT2D eigenvalue weighted by molar-refractivity contribution is 5.97. The topological polar surface area (TPSA) is 47.4 Å². The fourth-order valence-corrected chi connectivity index (χ4v) is 3.80. The second-order valence-corrected chi connectivity index (χ2v) is 7.10.